The van der Waals surface area contributed by atoms with Crippen LogP contribution in [-0.4, -0.2) is 37.3 Å². The summed E-state index contributed by atoms with van der Waals surface area (Å²) in [6, 6.07) is 16.2. The molecule has 1 heterocycles. The summed E-state index contributed by atoms with van der Waals surface area (Å²) in [4.78, 5) is 15.2. The van der Waals surface area contributed by atoms with Gasteiger partial charge in [0.1, 0.15) is 5.37 Å². The molecule has 0 aromatic heterocycles. The minimum absolute atomic E-state index is 0.00965. The van der Waals surface area contributed by atoms with Crippen molar-refractivity contribution in [2.45, 2.75) is 17.7 Å². The molecule has 4 nitrogen and oxygen atoms in total. The van der Waals surface area contributed by atoms with Crippen LogP contribution in [-0.2, 0) is 4.79 Å². The molecule has 0 bridgehead atoms. The van der Waals surface area contributed by atoms with E-state index in [0.717, 1.165) is 30.0 Å². The summed E-state index contributed by atoms with van der Waals surface area (Å²) >= 11 is 1.79. The van der Waals surface area contributed by atoms with Crippen LogP contribution < -0.4 is 9.47 Å². The van der Waals surface area contributed by atoms with Gasteiger partial charge in [-0.1, -0.05) is 42.5 Å². The van der Waals surface area contributed by atoms with Gasteiger partial charge < -0.3 is 14.4 Å². The zero-order chi connectivity index (χ0) is 18.1. The van der Waals surface area contributed by atoms with Crippen molar-refractivity contribution in [1.82, 2.24) is 4.90 Å². The zero-order valence-corrected chi connectivity index (χ0v) is 15.9. The van der Waals surface area contributed by atoms with Gasteiger partial charge in [-0.05, 0) is 24.0 Å². The lowest BCUT2D eigenvalue weighted by Gasteiger charge is -2.26. The fraction of sp³-hybridized carbons (Fsp3) is 0.381. The molecule has 0 spiro atoms. The van der Waals surface area contributed by atoms with Crippen molar-refractivity contribution in [2.75, 3.05) is 26.5 Å². The van der Waals surface area contributed by atoms with Crippen LogP contribution in [0.1, 0.15) is 28.8 Å². The summed E-state index contributed by atoms with van der Waals surface area (Å²) in [6.07, 6.45) is 0.950. The lowest BCUT2D eigenvalue weighted by atomic mass is 10.1. The van der Waals surface area contributed by atoms with E-state index in [9.17, 15) is 4.79 Å². The molecule has 136 valence electrons. The van der Waals surface area contributed by atoms with E-state index in [-0.39, 0.29) is 17.2 Å². The maximum Gasteiger partial charge on any atom is 0.227 e. The van der Waals surface area contributed by atoms with E-state index < -0.39 is 0 Å². The van der Waals surface area contributed by atoms with Gasteiger partial charge in [-0.15, -0.1) is 11.8 Å². The molecule has 1 amide bonds. The average Bonchev–Trinajstić information content (AvgIpc) is 3.35. The Morgan fingerprint density at radius 3 is 2.62 bits per heavy atom. The van der Waals surface area contributed by atoms with E-state index >= 15 is 0 Å². The van der Waals surface area contributed by atoms with E-state index in [2.05, 4.69) is 12.1 Å². The second-order valence-electron chi connectivity index (χ2n) is 6.70. The van der Waals surface area contributed by atoms with Gasteiger partial charge in [0.05, 0.1) is 14.2 Å². The molecule has 1 saturated heterocycles. The Kier molecular flexibility index (Phi) is 4.81. The van der Waals surface area contributed by atoms with E-state index in [1.807, 2.05) is 41.3 Å². The topological polar surface area (TPSA) is 38.8 Å². The van der Waals surface area contributed by atoms with Crippen LogP contribution in [0.2, 0.25) is 0 Å². The number of ether oxygens (including phenoxy) is 2. The lowest BCUT2D eigenvalue weighted by molar-refractivity contribution is -0.132. The highest BCUT2D eigenvalue weighted by atomic mass is 32.2. The Bertz CT molecular complexity index is 795. The molecule has 26 heavy (non-hydrogen) atoms. The number of amides is 1. The molecule has 0 radical (unpaired) electrons. The van der Waals surface area contributed by atoms with Crippen LogP contribution in [0.25, 0.3) is 0 Å². The Hall–Kier alpha value is -2.14. The van der Waals surface area contributed by atoms with E-state index in [4.69, 9.17) is 9.47 Å². The SMILES string of the molecule is COc1cccc([C@H]2SCCN2C(=O)[C@@H]2C[C@H]2c2ccccc2)c1OC. The third kappa shape index (κ3) is 3.05. The molecule has 5 heteroatoms. The number of hydrogen-bond acceptors (Lipinski definition) is 4. The number of benzene rings is 2. The van der Waals surface area contributed by atoms with Gasteiger partial charge in [0, 0.05) is 23.8 Å². The highest BCUT2D eigenvalue weighted by molar-refractivity contribution is 7.99. The standard InChI is InChI=1S/C21H23NO3S/c1-24-18-10-6-9-15(19(18)25-2)21-22(11-12-26-21)20(23)17-13-16(17)14-7-4-3-5-8-14/h3-10,16-17,21H,11-13H2,1-2H3/t16-,17+,21+/m0/s1. The number of carbonyl (C=O) groups is 1. The van der Waals surface area contributed by atoms with Crippen molar-refractivity contribution in [3.8, 4) is 11.5 Å². The largest absolute Gasteiger partial charge is 0.493 e. The Balaban J connectivity index is 1.56. The molecule has 4 rings (SSSR count). The molecular formula is C21H23NO3S. The van der Waals surface area contributed by atoms with Gasteiger partial charge in [0.2, 0.25) is 5.91 Å². The minimum atomic E-state index is -0.00965. The second-order valence-corrected chi connectivity index (χ2v) is 7.89. The minimum Gasteiger partial charge on any atom is -0.493 e. The Morgan fingerprint density at radius 1 is 1.08 bits per heavy atom. The van der Waals surface area contributed by atoms with Crippen molar-refractivity contribution >= 4 is 17.7 Å². The van der Waals surface area contributed by atoms with Crippen LogP contribution in [0.15, 0.2) is 48.5 Å². The molecule has 1 saturated carbocycles. The van der Waals surface area contributed by atoms with E-state index in [0.29, 0.717) is 11.7 Å². The molecule has 0 N–H and O–H groups in total. The maximum atomic E-state index is 13.2. The number of para-hydroxylation sites is 1. The quantitative estimate of drug-likeness (QED) is 0.796. The smallest absolute Gasteiger partial charge is 0.227 e. The van der Waals surface area contributed by atoms with Gasteiger partial charge in [-0.25, -0.2) is 0 Å². The van der Waals surface area contributed by atoms with Gasteiger partial charge in [0.25, 0.3) is 0 Å². The lowest BCUT2D eigenvalue weighted by Crippen LogP contribution is -2.32. The monoisotopic (exact) mass is 369 g/mol. The first kappa shape index (κ1) is 17.3. The van der Waals surface area contributed by atoms with Gasteiger partial charge in [-0.2, -0.15) is 0 Å². The van der Waals surface area contributed by atoms with Crippen molar-refractivity contribution in [3.05, 3.63) is 59.7 Å². The van der Waals surface area contributed by atoms with Gasteiger partial charge in [-0.3, -0.25) is 4.79 Å². The molecule has 2 aromatic carbocycles. The summed E-state index contributed by atoms with van der Waals surface area (Å²) in [5.41, 5.74) is 2.29. The maximum absolute atomic E-state index is 13.2. The van der Waals surface area contributed by atoms with Gasteiger partial charge >= 0.3 is 0 Å². The van der Waals surface area contributed by atoms with Crippen LogP contribution in [0.3, 0.4) is 0 Å². The molecule has 1 aliphatic carbocycles. The fourth-order valence-corrected chi connectivity index (χ4v) is 5.09. The third-order valence-corrected chi connectivity index (χ3v) is 6.45. The molecule has 3 atom stereocenters. The van der Waals surface area contributed by atoms with Crippen molar-refractivity contribution in [1.29, 1.82) is 0 Å². The first-order chi connectivity index (χ1) is 12.7. The normalized spacial score (nSPS) is 24.4. The summed E-state index contributed by atoms with van der Waals surface area (Å²) in [5.74, 6) is 3.11. The number of hydrogen-bond donors (Lipinski definition) is 0. The fourth-order valence-electron chi connectivity index (χ4n) is 3.81. The second kappa shape index (κ2) is 7.23. The Morgan fingerprint density at radius 2 is 1.88 bits per heavy atom. The molecule has 0 unspecified atom stereocenters. The number of carbonyl (C=O) groups excluding carboxylic acids is 1. The molecule has 2 aromatic rings. The number of rotatable bonds is 5. The molecule has 1 aliphatic heterocycles. The molecular weight excluding hydrogens is 346 g/mol. The summed E-state index contributed by atoms with van der Waals surface area (Å²) in [5, 5.41) is -0.00965. The van der Waals surface area contributed by atoms with E-state index in [1.165, 1.54) is 5.56 Å². The summed E-state index contributed by atoms with van der Waals surface area (Å²) < 4.78 is 11.0. The number of thioether (sulfide) groups is 1. The van der Waals surface area contributed by atoms with Crippen molar-refractivity contribution in [2.24, 2.45) is 5.92 Å². The third-order valence-electron chi connectivity index (χ3n) is 5.21. The highest BCUT2D eigenvalue weighted by Gasteiger charge is 2.48. The van der Waals surface area contributed by atoms with Crippen LogP contribution in [0.5, 0.6) is 11.5 Å². The first-order valence-electron chi connectivity index (χ1n) is 8.92. The predicted molar refractivity (Wildman–Crippen MR) is 104 cm³/mol. The highest BCUT2D eigenvalue weighted by Crippen LogP contribution is 2.52. The van der Waals surface area contributed by atoms with Gasteiger partial charge in [0.15, 0.2) is 11.5 Å². The average molecular weight is 369 g/mol. The predicted octanol–water partition coefficient (Wildman–Crippen LogP) is 4.08. The molecule has 2 fully saturated rings. The number of methoxy groups -OCH3 is 2. The first-order valence-corrected chi connectivity index (χ1v) is 9.97. The van der Waals surface area contributed by atoms with Crippen LogP contribution in [0, 0.1) is 5.92 Å². The summed E-state index contributed by atoms with van der Waals surface area (Å²) in [7, 11) is 3.29. The molecule has 2 aliphatic rings. The van der Waals surface area contributed by atoms with Crippen molar-refractivity contribution in [3.63, 3.8) is 0 Å². The van der Waals surface area contributed by atoms with Crippen LogP contribution in [0.4, 0.5) is 0 Å². The summed E-state index contributed by atoms with van der Waals surface area (Å²) in [6.45, 7) is 0.784. The van der Waals surface area contributed by atoms with E-state index in [1.54, 1.807) is 26.0 Å². The number of nitrogens with zero attached hydrogens (tertiary/aromatic N) is 1. The zero-order valence-electron chi connectivity index (χ0n) is 15.1. The van der Waals surface area contributed by atoms with Crippen molar-refractivity contribution < 1.29 is 14.3 Å². The Labute approximate surface area is 158 Å². The van der Waals surface area contributed by atoms with Crippen LogP contribution >= 0.6 is 11.8 Å².